The van der Waals surface area contributed by atoms with Crippen LogP contribution in [0.5, 0.6) is 5.75 Å². The van der Waals surface area contributed by atoms with Crippen molar-refractivity contribution in [1.82, 2.24) is 0 Å². The van der Waals surface area contributed by atoms with Crippen LogP contribution in [0.1, 0.15) is 78.0 Å². The van der Waals surface area contributed by atoms with E-state index in [1.165, 1.54) is 17.7 Å². The maximum Gasteiger partial charge on any atom is 0.328 e. The third kappa shape index (κ3) is 5.53. The Morgan fingerprint density at radius 3 is 2.50 bits per heavy atom. The smallest absolute Gasteiger partial charge is 0.328 e. The number of ether oxygens (including phenoxy) is 1. The summed E-state index contributed by atoms with van der Waals surface area (Å²) in [5, 5.41) is 9.42. The van der Waals surface area contributed by atoms with E-state index in [1.54, 1.807) is 6.92 Å². The van der Waals surface area contributed by atoms with Gasteiger partial charge in [0.1, 0.15) is 11.6 Å². The molecule has 0 aliphatic heterocycles. The Morgan fingerprint density at radius 1 is 1.31 bits per heavy atom. The molecule has 3 nitrogen and oxygen atoms in total. The van der Waals surface area contributed by atoms with Crippen LogP contribution in [0.25, 0.3) is 11.1 Å². The first kappa shape index (κ1) is 25.9. The van der Waals surface area contributed by atoms with Crippen molar-refractivity contribution in [2.45, 2.75) is 66.7 Å². The molecule has 1 aromatic rings. The van der Waals surface area contributed by atoms with Gasteiger partial charge in [-0.3, -0.25) is 0 Å². The molecule has 1 aromatic carbocycles. The summed E-state index contributed by atoms with van der Waals surface area (Å²) in [6.45, 7) is 14.4. The van der Waals surface area contributed by atoms with Crippen LogP contribution in [0, 0.1) is 5.92 Å². The van der Waals surface area contributed by atoms with Crippen molar-refractivity contribution in [3.63, 3.8) is 0 Å². The second kappa shape index (κ2) is 10.5. The van der Waals surface area contributed by atoms with Crippen LogP contribution in [0.15, 0.2) is 41.8 Å². The number of allylic oxidation sites excluding steroid dienone is 7. The number of carboxylic acid groups (broad SMARTS) is 1. The Balaban J connectivity index is 2.81. The third-order valence-electron chi connectivity index (χ3n) is 5.76. The normalized spacial score (nSPS) is 16.7. The number of hydrogen-bond acceptors (Lipinski definition) is 2. The quantitative estimate of drug-likeness (QED) is 0.314. The summed E-state index contributed by atoms with van der Waals surface area (Å²) >= 11 is 6.97. The van der Waals surface area contributed by atoms with Crippen LogP contribution in [-0.2, 0) is 10.2 Å². The van der Waals surface area contributed by atoms with Crippen LogP contribution in [0.3, 0.4) is 0 Å². The monoisotopic (exact) mass is 460 g/mol. The topological polar surface area (TPSA) is 46.5 Å². The minimum Gasteiger partial charge on any atom is -0.492 e. The average molecular weight is 461 g/mol. The highest BCUT2D eigenvalue weighted by Crippen LogP contribution is 2.50. The predicted octanol–water partition coefficient (Wildman–Crippen LogP) is 8.14. The SMILES string of the molecule is CCOc1c(\C(CC)=C(F)/C=C/C(C)=C/C(=O)O)cc2c(c1Cl)C(C)(C)CC=C2C(C)C. The predicted molar refractivity (Wildman–Crippen MR) is 132 cm³/mol. The van der Waals surface area contributed by atoms with Crippen LogP contribution in [0.2, 0.25) is 5.02 Å². The van der Waals surface area contributed by atoms with Crippen molar-refractivity contribution in [1.29, 1.82) is 0 Å². The minimum absolute atomic E-state index is 0.164. The molecule has 5 heteroatoms. The molecule has 0 amide bonds. The lowest BCUT2D eigenvalue weighted by Crippen LogP contribution is -2.24. The zero-order chi connectivity index (χ0) is 24.2. The zero-order valence-electron chi connectivity index (χ0n) is 20.1. The Hall–Kier alpha value is -2.33. The van der Waals surface area contributed by atoms with Crippen LogP contribution in [-0.4, -0.2) is 17.7 Å². The molecule has 0 saturated heterocycles. The maximum absolute atomic E-state index is 15.3. The van der Waals surface area contributed by atoms with Gasteiger partial charge in [0.15, 0.2) is 0 Å². The number of carboxylic acids is 1. The lowest BCUT2D eigenvalue weighted by Gasteiger charge is -2.35. The summed E-state index contributed by atoms with van der Waals surface area (Å²) in [5.41, 5.74) is 4.70. The van der Waals surface area contributed by atoms with Gasteiger partial charge in [0, 0.05) is 11.6 Å². The lowest BCUT2D eigenvalue weighted by atomic mass is 9.70. The number of fused-ring (bicyclic) bond motifs is 1. The van der Waals surface area contributed by atoms with E-state index in [9.17, 15) is 4.79 Å². The maximum atomic E-state index is 15.3. The lowest BCUT2D eigenvalue weighted by molar-refractivity contribution is -0.131. The number of halogens is 2. The molecular weight excluding hydrogens is 427 g/mol. The number of rotatable bonds is 8. The van der Waals surface area contributed by atoms with Gasteiger partial charge in [0.25, 0.3) is 0 Å². The fraction of sp³-hybridized carbons (Fsp3) is 0.444. The molecule has 1 aliphatic carbocycles. The molecule has 0 aromatic heterocycles. The fourth-order valence-corrected chi connectivity index (χ4v) is 4.70. The van der Waals surface area contributed by atoms with Gasteiger partial charge in [0.05, 0.1) is 11.6 Å². The van der Waals surface area contributed by atoms with E-state index in [2.05, 4.69) is 33.8 Å². The highest BCUT2D eigenvalue weighted by Gasteiger charge is 2.34. The summed E-state index contributed by atoms with van der Waals surface area (Å²) in [5.74, 6) is -0.700. The van der Waals surface area contributed by atoms with Gasteiger partial charge in [-0.25, -0.2) is 9.18 Å². The van der Waals surface area contributed by atoms with E-state index < -0.39 is 11.8 Å². The number of benzene rings is 1. The second-order valence-corrected chi connectivity index (χ2v) is 9.44. The Morgan fingerprint density at radius 2 is 1.97 bits per heavy atom. The molecule has 1 N–H and O–H groups in total. The first-order chi connectivity index (χ1) is 14.9. The van der Waals surface area contributed by atoms with Gasteiger partial charge in [0.2, 0.25) is 0 Å². The molecule has 1 aliphatic rings. The first-order valence-electron chi connectivity index (χ1n) is 11.1. The molecule has 174 valence electrons. The van der Waals surface area contributed by atoms with E-state index in [0.717, 1.165) is 23.6 Å². The minimum atomic E-state index is -1.07. The highest BCUT2D eigenvalue weighted by molar-refractivity contribution is 6.33. The van der Waals surface area contributed by atoms with Crippen molar-refractivity contribution in [3.05, 3.63) is 63.5 Å². The molecule has 0 heterocycles. The second-order valence-electron chi connectivity index (χ2n) is 9.06. The summed E-state index contributed by atoms with van der Waals surface area (Å²) < 4.78 is 21.3. The standard InChI is InChI=1S/C27H34ClFO3/c1-8-18(22(29)11-10-17(5)14-23(30)31)21-15-20-19(16(3)4)12-13-27(6,7)24(20)25(28)26(21)32-9-2/h10-12,14-16H,8-9,13H2,1-7H3,(H,30,31)/b11-10+,17-14+,22-18+. The Kier molecular flexibility index (Phi) is 8.53. The molecule has 0 fully saturated rings. The highest BCUT2D eigenvalue weighted by atomic mass is 35.5. The first-order valence-corrected chi connectivity index (χ1v) is 11.5. The van der Waals surface area contributed by atoms with Gasteiger partial charge in [-0.05, 0) is 78.0 Å². The largest absolute Gasteiger partial charge is 0.492 e. The Bertz CT molecular complexity index is 1010. The van der Waals surface area contributed by atoms with Gasteiger partial charge in [-0.1, -0.05) is 58.4 Å². The Labute approximate surface area is 196 Å². The van der Waals surface area contributed by atoms with Gasteiger partial charge in [-0.15, -0.1) is 0 Å². The van der Waals surface area contributed by atoms with Gasteiger partial charge in [-0.2, -0.15) is 0 Å². The van der Waals surface area contributed by atoms with E-state index >= 15 is 4.39 Å². The summed E-state index contributed by atoms with van der Waals surface area (Å²) in [7, 11) is 0. The number of aliphatic carboxylic acids is 1. The van der Waals surface area contributed by atoms with Crippen LogP contribution < -0.4 is 4.74 Å². The van der Waals surface area contributed by atoms with E-state index in [1.807, 2.05) is 19.9 Å². The molecule has 0 spiro atoms. The van der Waals surface area contributed by atoms with Crippen molar-refractivity contribution in [3.8, 4) is 5.75 Å². The van der Waals surface area contributed by atoms with Crippen molar-refractivity contribution in [2.24, 2.45) is 5.92 Å². The fourth-order valence-electron chi connectivity index (χ4n) is 4.19. The van der Waals surface area contributed by atoms with E-state index in [-0.39, 0.29) is 5.41 Å². The molecule has 0 atom stereocenters. The average Bonchev–Trinajstić information content (AvgIpc) is 2.68. The van der Waals surface area contributed by atoms with Gasteiger partial charge < -0.3 is 9.84 Å². The van der Waals surface area contributed by atoms with Crippen molar-refractivity contribution < 1.29 is 19.0 Å². The molecule has 0 bridgehead atoms. The molecular formula is C27H34ClFO3. The molecule has 0 unspecified atom stereocenters. The molecule has 2 rings (SSSR count). The van der Waals surface area contributed by atoms with E-state index in [4.69, 9.17) is 21.4 Å². The zero-order valence-corrected chi connectivity index (χ0v) is 20.9. The molecule has 0 radical (unpaired) electrons. The summed E-state index contributed by atoms with van der Waals surface area (Å²) in [4.78, 5) is 10.8. The summed E-state index contributed by atoms with van der Waals surface area (Å²) in [6, 6.07) is 2.02. The van der Waals surface area contributed by atoms with Crippen LogP contribution in [0.4, 0.5) is 4.39 Å². The van der Waals surface area contributed by atoms with Crippen molar-refractivity contribution >= 4 is 28.7 Å². The summed E-state index contributed by atoms with van der Waals surface area (Å²) in [6.07, 6.45) is 7.37. The number of hydrogen-bond donors (Lipinski definition) is 1. The molecule has 0 saturated carbocycles. The van der Waals surface area contributed by atoms with E-state index in [0.29, 0.717) is 46.4 Å². The van der Waals surface area contributed by atoms with Crippen LogP contribution >= 0.6 is 11.6 Å². The third-order valence-corrected chi connectivity index (χ3v) is 6.12. The van der Waals surface area contributed by atoms with Gasteiger partial charge >= 0.3 is 5.97 Å². The van der Waals surface area contributed by atoms with Crippen molar-refractivity contribution in [2.75, 3.05) is 6.61 Å². The number of carbonyl (C=O) groups is 1. The molecule has 32 heavy (non-hydrogen) atoms.